The zero-order chi connectivity index (χ0) is 8.81. The maximum absolute atomic E-state index is 5.05. The third kappa shape index (κ3) is 2.76. The van der Waals surface area contributed by atoms with Gasteiger partial charge in [0.1, 0.15) is 15.4 Å². The molecular weight excluding hydrogens is 172 g/mol. The van der Waals surface area contributed by atoms with E-state index in [4.69, 9.17) is 9.47 Å². The van der Waals surface area contributed by atoms with Gasteiger partial charge < -0.3 is 14.0 Å². The highest BCUT2D eigenvalue weighted by Gasteiger charge is 2.05. The van der Waals surface area contributed by atoms with Gasteiger partial charge in [0, 0.05) is 32.8 Å². The third-order valence-electron chi connectivity index (χ3n) is 1.43. The molecule has 0 bridgehead atoms. The second-order valence-corrected chi connectivity index (χ2v) is 3.44. The zero-order valence-electron chi connectivity index (χ0n) is 7.23. The molecule has 0 saturated heterocycles. The molecule has 0 amide bonds. The maximum atomic E-state index is 5.05. The summed E-state index contributed by atoms with van der Waals surface area (Å²) in [4.78, 5) is 3.94. The van der Waals surface area contributed by atoms with Gasteiger partial charge in [0.2, 0.25) is 0 Å². The molecular formula is C7H12N2O2Si. The van der Waals surface area contributed by atoms with Crippen LogP contribution in [0, 0.1) is 0 Å². The topological polar surface area (TPSA) is 36.3 Å². The van der Waals surface area contributed by atoms with Crippen molar-refractivity contribution < 1.29 is 9.47 Å². The lowest BCUT2D eigenvalue weighted by atomic mass is 10.9. The molecule has 0 aliphatic heterocycles. The number of imidazole rings is 1. The fraction of sp³-hybridized carbons (Fsp3) is 0.571. The van der Waals surface area contributed by atoms with Crippen LogP contribution < -0.4 is 0 Å². The fourth-order valence-electron chi connectivity index (χ4n) is 0.823. The van der Waals surface area contributed by atoms with Gasteiger partial charge in [0.15, 0.2) is 0 Å². The Bertz CT molecular complexity index is 199. The Morgan fingerprint density at radius 3 is 2.75 bits per heavy atom. The van der Waals surface area contributed by atoms with Crippen LogP contribution in [0.4, 0.5) is 0 Å². The van der Waals surface area contributed by atoms with Crippen LogP contribution in [0.1, 0.15) is 0 Å². The molecule has 2 radical (unpaired) electrons. The molecule has 5 heteroatoms. The SMILES string of the molecule is COC(OC)[Si]Cn1ccnc1. The van der Waals surface area contributed by atoms with E-state index in [1.807, 2.05) is 10.8 Å². The van der Waals surface area contributed by atoms with Gasteiger partial charge in [-0.25, -0.2) is 4.98 Å². The normalized spacial score (nSPS) is 10.9. The predicted molar refractivity (Wildman–Crippen MR) is 45.8 cm³/mol. The van der Waals surface area contributed by atoms with Gasteiger partial charge >= 0.3 is 0 Å². The van der Waals surface area contributed by atoms with Gasteiger partial charge in [-0.05, 0) is 0 Å². The summed E-state index contributed by atoms with van der Waals surface area (Å²) in [6, 6.07) is 0. The summed E-state index contributed by atoms with van der Waals surface area (Å²) in [5, 5.41) is 0. The first kappa shape index (κ1) is 9.44. The van der Waals surface area contributed by atoms with Crippen LogP contribution in [0.2, 0.25) is 0 Å². The second-order valence-electron chi connectivity index (χ2n) is 2.24. The average molecular weight is 184 g/mol. The first-order chi connectivity index (χ1) is 5.86. The minimum Gasteiger partial charge on any atom is -0.360 e. The molecule has 12 heavy (non-hydrogen) atoms. The summed E-state index contributed by atoms with van der Waals surface area (Å²) in [6.45, 7) is 0. The van der Waals surface area contributed by atoms with Crippen molar-refractivity contribution in [2.75, 3.05) is 14.2 Å². The van der Waals surface area contributed by atoms with E-state index in [9.17, 15) is 0 Å². The highest BCUT2D eigenvalue weighted by molar-refractivity contribution is 6.35. The summed E-state index contributed by atoms with van der Waals surface area (Å²) in [6.07, 6.45) is 6.37. The first-order valence-corrected chi connectivity index (χ1v) is 4.90. The van der Waals surface area contributed by atoms with Gasteiger partial charge in [0.05, 0.1) is 6.33 Å². The molecule has 4 nitrogen and oxygen atoms in total. The second kappa shape index (κ2) is 5.07. The number of ether oxygens (including phenoxy) is 2. The monoisotopic (exact) mass is 184 g/mol. The van der Waals surface area contributed by atoms with Crippen molar-refractivity contribution in [2.45, 2.75) is 12.1 Å². The Morgan fingerprint density at radius 1 is 1.50 bits per heavy atom. The van der Waals surface area contributed by atoms with Gasteiger partial charge in [-0.2, -0.15) is 0 Å². The molecule has 0 aliphatic carbocycles. The molecule has 1 rings (SSSR count). The number of hydrogen-bond acceptors (Lipinski definition) is 3. The van der Waals surface area contributed by atoms with E-state index in [1.54, 1.807) is 26.7 Å². The van der Waals surface area contributed by atoms with Crippen molar-refractivity contribution in [2.24, 2.45) is 0 Å². The van der Waals surface area contributed by atoms with E-state index in [-0.39, 0.29) is 5.91 Å². The van der Waals surface area contributed by atoms with Crippen LogP contribution >= 0.6 is 0 Å². The minimum absolute atomic E-state index is 0.0904. The molecule has 0 spiro atoms. The minimum atomic E-state index is -0.0904. The van der Waals surface area contributed by atoms with E-state index in [0.717, 1.165) is 6.17 Å². The van der Waals surface area contributed by atoms with Crippen molar-refractivity contribution in [1.29, 1.82) is 0 Å². The molecule has 0 fully saturated rings. The van der Waals surface area contributed by atoms with Gasteiger partial charge in [-0.1, -0.05) is 0 Å². The van der Waals surface area contributed by atoms with E-state index < -0.39 is 0 Å². The highest BCUT2D eigenvalue weighted by atomic mass is 28.2. The average Bonchev–Trinajstić information content (AvgIpc) is 2.59. The predicted octanol–water partition coefficient (Wildman–Crippen LogP) is 0.121. The quantitative estimate of drug-likeness (QED) is 0.482. The molecule has 0 aliphatic rings. The van der Waals surface area contributed by atoms with E-state index >= 15 is 0 Å². The van der Waals surface area contributed by atoms with Crippen LogP contribution in [0.25, 0.3) is 0 Å². The van der Waals surface area contributed by atoms with E-state index in [1.165, 1.54) is 0 Å². The van der Waals surface area contributed by atoms with Gasteiger partial charge in [-0.15, -0.1) is 0 Å². The Morgan fingerprint density at radius 2 is 2.25 bits per heavy atom. The lowest BCUT2D eigenvalue weighted by Gasteiger charge is -2.11. The van der Waals surface area contributed by atoms with E-state index in [2.05, 4.69) is 4.98 Å². The summed E-state index contributed by atoms with van der Waals surface area (Å²) < 4.78 is 12.1. The lowest BCUT2D eigenvalue weighted by molar-refractivity contribution is -0.0445. The number of nitrogens with zero attached hydrogens (tertiary/aromatic N) is 2. The molecule has 66 valence electrons. The number of rotatable bonds is 5. The van der Waals surface area contributed by atoms with Gasteiger partial charge in [0.25, 0.3) is 0 Å². The smallest absolute Gasteiger partial charge is 0.142 e. The van der Waals surface area contributed by atoms with Crippen molar-refractivity contribution >= 4 is 9.52 Å². The van der Waals surface area contributed by atoms with Crippen LogP contribution in [-0.4, -0.2) is 39.2 Å². The van der Waals surface area contributed by atoms with Gasteiger partial charge in [-0.3, -0.25) is 0 Å². The Kier molecular flexibility index (Phi) is 3.99. The standard InChI is InChI=1S/C7H12N2O2Si/c1-10-7(11-2)12-6-9-4-3-8-5-9/h3-5,7H,6H2,1-2H3. The highest BCUT2D eigenvalue weighted by Crippen LogP contribution is 1.91. The summed E-state index contributed by atoms with van der Waals surface area (Å²) in [5.41, 5.74) is 0. The summed E-state index contributed by atoms with van der Waals surface area (Å²) in [5.74, 6) is -0.0904. The Labute approximate surface area is 74.3 Å². The molecule has 1 aromatic rings. The van der Waals surface area contributed by atoms with Crippen molar-refractivity contribution in [3.63, 3.8) is 0 Å². The van der Waals surface area contributed by atoms with Crippen LogP contribution in [0.3, 0.4) is 0 Å². The van der Waals surface area contributed by atoms with E-state index in [0.29, 0.717) is 9.52 Å². The summed E-state index contributed by atoms with van der Waals surface area (Å²) >= 11 is 0. The molecule has 0 N–H and O–H groups in total. The largest absolute Gasteiger partial charge is 0.360 e. The summed E-state index contributed by atoms with van der Waals surface area (Å²) in [7, 11) is 3.89. The number of hydrogen-bond donors (Lipinski definition) is 0. The van der Waals surface area contributed by atoms with Crippen LogP contribution in [0.5, 0.6) is 0 Å². The number of methoxy groups -OCH3 is 2. The molecule has 1 heterocycles. The molecule has 0 atom stereocenters. The fourth-order valence-corrected chi connectivity index (χ4v) is 1.70. The number of aromatic nitrogens is 2. The molecule has 1 aromatic heterocycles. The maximum Gasteiger partial charge on any atom is 0.142 e. The molecule has 0 saturated carbocycles. The van der Waals surface area contributed by atoms with Crippen LogP contribution in [0.15, 0.2) is 18.7 Å². The molecule has 0 unspecified atom stereocenters. The first-order valence-electron chi connectivity index (χ1n) is 3.61. The Balaban J connectivity index is 2.25. The van der Waals surface area contributed by atoms with Crippen molar-refractivity contribution in [1.82, 2.24) is 9.55 Å². The van der Waals surface area contributed by atoms with Crippen LogP contribution in [-0.2, 0) is 15.6 Å². The Hall–Kier alpha value is -0.653. The lowest BCUT2D eigenvalue weighted by Crippen LogP contribution is -2.25. The van der Waals surface area contributed by atoms with Crippen molar-refractivity contribution in [3.8, 4) is 0 Å². The zero-order valence-corrected chi connectivity index (χ0v) is 8.23. The third-order valence-corrected chi connectivity index (χ3v) is 2.78. The van der Waals surface area contributed by atoms with Crippen molar-refractivity contribution in [3.05, 3.63) is 18.7 Å². The molecule has 0 aromatic carbocycles.